The molecule has 0 saturated heterocycles. The van der Waals surface area contributed by atoms with Gasteiger partial charge in [0.25, 0.3) is 5.91 Å². The van der Waals surface area contributed by atoms with Crippen LogP contribution < -0.4 is 5.32 Å². The lowest BCUT2D eigenvalue weighted by molar-refractivity contribution is 0.0944. The van der Waals surface area contributed by atoms with E-state index in [1.165, 1.54) is 12.1 Å². The molecular formula is C14H17FN4O. The Morgan fingerprint density at radius 1 is 1.45 bits per heavy atom. The quantitative estimate of drug-likeness (QED) is 0.874. The fraction of sp³-hybridized carbons (Fsp3) is 0.357. The summed E-state index contributed by atoms with van der Waals surface area (Å²) in [5.74, 6) is 0.283. The first kappa shape index (κ1) is 14.2. The summed E-state index contributed by atoms with van der Waals surface area (Å²) in [6, 6.07) is 4.64. The van der Waals surface area contributed by atoms with Crippen molar-refractivity contribution in [3.63, 3.8) is 0 Å². The van der Waals surface area contributed by atoms with Gasteiger partial charge in [-0.25, -0.2) is 9.37 Å². The van der Waals surface area contributed by atoms with Crippen LogP contribution in [0.15, 0.2) is 18.2 Å². The molecule has 0 aliphatic rings. The van der Waals surface area contributed by atoms with Crippen LogP contribution in [0.1, 0.15) is 34.5 Å². The molecule has 5 nitrogen and oxygen atoms in total. The highest BCUT2D eigenvalue weighted by Gasteiger charge is 2.11. The van der Waals surface area contributed by atoms with Gasteiger partial charge in [-0.2, -0.15) is 0 Å². The van der Waals surface area contributed by atoms with Gasteiger partial charge in [-0.3, -0.25) is 9.89 Å². The second kappa shape index (κ2) is 6.27. The van der Waals surface area contributed by atoms with Crippen molar-refractivity contribution in [1.82, 2.24) is 20.5 Å². The van der Waals surface area contributed by atoms with Crippen LogP contribution in [-0.4, -0.2) is 27.6 Å². The van der Waals surface area contributed by atoms with E-state index in [9.17, 15) is 9.18 Å². The predicted molar refractivity (Wildman–Crippen MR) is 72.9 cm³/mol. The Morgan fingerprint density at radius 3 is 2.90 bits per heavy atom. The van der Waals surface area contributed by atoms with Gasteiger partial charge in [0.1, 0.15) is 11.6 Å². The largest absolute Gasteiger partial charge is 0.349 e. The number of hydrogen-bond acceptors (Lipinski definition) is 3. The third-order valence-electron chi connectivity index (χ3n) is 3.05. The number of H-pyrrole nitrogens is 1. The molecular weight excluding hydrogens is 259 g/mol. The number of rotatable bonds is 5. The number of carbonyl (C=O) groups excluding carboxylic acids is 1. The van der Waals surface area contributed by atoms with Crippen LogP contribution in [0, 0.1) is 12.7 Å². The molecule has 0 aliphatic carbocycles. The lowest BCUT2D eigenvalue weighted by Crippen LogP contribution is -2.27. The molecule has 1 heterocycles. The van der Waals surface area contributed by atoms with Crippen LogP contribution in [0.25, 0.3) is 0 Å². The molecule has 0 saturated carbocycles. The summed E-state index contributed by atoms with van der Waals surface area (Å²) in [6.45, 7) is 4.24. The molecule has 2 rings (SSSR count). The molecule has 0 aliphatic heterocycles. The first-order valence-corrected chi connectivity index (χ1v) is 6.54. The molecule has 0 spiro atoms. The Labute approximate surface area is 116 Å². The topological polar surface area (TPSA) is 70.7 Å². The van der Waals surface area contributed by atoms with Crippen molar-refractivity contribution >= 4 is 5.91 Å². The third kappa shape index (κ3) is 3.40. The average Bonchev–Trinajstić information content (AvgIpc) is 2.90. The van der Waals surface area contributed by atoms with E-state index in [0.29, 0.717) is 25.2 Å². The summed E-state index contributed by atoms with van der Waals surface area (Å²) >= 11 is 0. The number of nitrogens with zero attached hydrogens (tertiary/aromatic N) is 2. The normalized spacial score (nSPS) is 10.6. The van der Waals surface area contributed by atoms with Gasteiger partial charge in [0.05, 0.1) is 0 Å². The van der Waals surface area contributed by atoms with E-state index >= 15 is 0 Å². The van der Waals surface area contributed by atoms with Gasteiger partial charge < -0.3 is 5.32 Å². The molecule has 1 aromatic heterocycles. The smallest absolute Gasteiger partial charge is 0.290 e. The summed E-state index contributed by atoms with van der Waals surface area (Å²) in [6.07, 6.45) is 1.35. The van der Waals surface area contributed by atoms with Crippen LogP contribution in [0.5, 0.6) is 0 Å². The zero-order chi connectivity index (χ0) is 14.5. The second-order valence-corrected chi connectivity index (χ2v) is 4.54. The van der Waals surface area contributed by atoms with Crippen molar-refractivity contribution < 1.29 is 9.18 Å². The number of amides is 1. The number of carbonyl (C=O) groups is 1. The number of aromatic nitrogens is 3. The van der Waals surface area contributed by atoms with Crippen LogP contribution in [0.4, 0.5) is 4.39 Å². The Balaban J connectivity index is 1.87. The van der Waals surface area contributed by atoms with Crippen LogP contribution >= 0.6 is 0 Å². The SMILES string of the molecule is CCc1nc(C(=O)NCCc2ccc(F)cc2C)n[nH]1. The van der Waals surface area contributed by atoms with E-state index in [4.69, 9.17) is 0 Å². The maximum Gasteiger partial charge on any atom is 0.290 e. The van der Waals surface area contributed by atoms with Gasteiger partial charge >= 0.3 is 0 Å². The standard InChI is InChI=1S/C14H17FN4O/c1-3-12-17-13(19-18-12)14(20)16-7-6-10-4-5-11(15)8-9(10)2/h4-5,8H,3,6-7H2,1-2H3,(H,16,20)(H,17,18,19). The van der Waals surface area contributed by atoms with Gasteiger partial charge in [-0.05, 0) is 36.6 Å². The van der Waals surface area contributed by atoms with E-state index in [1.54, 1.807) is 6.07 Å². The molecule has 0 unspecified atom stereocenters. The van der Waals surface area contributed by atoms with Gasteiger partial charge in [0, 0.05) is 13.0 Å². The summed E-state index contributed by atoms with van der Waals surface area (Å²) < 4.78 is 13.0. The molecule has 0 radical (unpaired) electrons. The van der Waals surface area contributed by atoms with Crippen molar-refractivity contribution in [2.45, 2.75) is 26.7 Å². The van der Waals surface area contributed by atoms with E-state index in [2.05, 4.69) is 20.5 Å². The van der Waals surface area contributed by atoms with Crippen LogP contribution in [0.2, 0.25) is 0 Å². The molecule has 1 amide bonds. The van der Waals surface area contributed by atoms with Crippen molar-refractivity contribution in [2.24, 2.45) is 0 Å². The fourth-order valence-corrected chi connectivity index (χ4v) is 1.88. The van der Waals surface area contributed by atoms with Gasteiger partial charge in [-0.15, -0.1) is 5.10 Å². The van der Waals surface area contributed by atoms with Gasteiger partial charge in [0.15, 0.2) is 0 Å². The highest BCUT2D eigenvalue weighted by molar-refractivity contribution is 5.90. The molecule has 1 aromatic carbocycles. The van der Waals surface area contributed by atoms with Crippen LogP contribution in [-0.2, 0) is 12.8 Å². The molecule has 6 heteroatoms. The van der Waals surface area contributed by atoms with E-state index < -0.39 is 0 Å². The Bertz CT molecular complexity index is 609. The fourth-order valence-electron chi connectivity index (χ4n) is 1.88. The maximum atomic E-state index is 13.0. The summed E-state index contributed by atoms with van der Waals surface area (Å²) in [5.41, 5.74) is 1.89. The minimum absolute atomic E-state index is 0.151. The molecule has 2 aromatic rings. The number of aromatic amines is 1. The Hall–Kier alpha value is -2.24. The highest BCUT2D eigenvalue weighted by Crippen LogP contribution is 2.10. The second-order valence-electron chi connectivity index (χ2n) is 4.54. The Kier molecular flexibility index (Phi) is 4.45. The van der Waals surface area contributed by atoms with Crippen LogP contribution in [0.3, 0.4) is 0 Å². The Morgan fingerprint density at radius 2 is 2.25 bits per heavy atom. The molecule has 106 valence electrons. The van der Waals surface area contributed by atoms with Gasteiger partial charge in [-0.1, -0.05) is 13.0 Å². The number of halogens is 1. The van der Waals surface area contributed by atoms with Crippen molar-refractivity contribution in [2.75, 3.05) is 6.54 Å². The minimum atomic E-state index is -0.305. The third-order valence-corrected chi connectivity index (χ3v) is 3.05. The van der Waals surface area contributed by atoms with Crippen molar-refractivity contribution in [3.8, 4) is 0 Å². The van der Waals surface area contributed by atoms with Crippen molar-refractivity contribution in [1.29, 1.82) is 0 Å². The molecule has 0 atom stereocenters. The number of benzene rings is 1. The molecule has 2 N–H and O–H groups in total. The summed E-state index contributed by atoms with van der Waals surface area (Å²) in [4.78, 5) is 15.8. The highest BCUT2D eigenvalue weighted by atomic mass is 19.1. The lowest BCUT2D eigenvalue weighted by Gasteiger charge is -2.06. The first-order valence-electron chi connectivity index (χ1n) is 6.54. The predicted octanol–water partition coefficient (Wildman–Crippen LogP) is 1.79. The summed E-state index contributed by atoms with van der Waals surface area (Å²) in [5, 5.41) is 9.29. The van der Waals surface area contributed by atoms with E-state index in [0.717, 1.165) is 11.1 Å². The summed E-state index contributed by atoms with van der Waals surface area (Å²) in [7, 11) is 0. The van der Waals surface area contributed by atoms with Crippen molar-refractivity contribution in [3.05, 3.63) is 46.8 Å². The maximum absolute atomic E-state index is 13.0. The molecule has 0 bridgehead atoms. The van der Waals surface area contributed by atoms with Gasteiger partial charge in [0.2, 0.25) is 5.82 Å². The lowest BCUT2D eigenvalue weighted by atomic mass is 10.1. The average molecular weight is 276 g/mol. The molecule has 0 fully saturated rings. The number of hydrogen-bond donors (Lipinski definition) is 2. The first-order chi connectivity index (χ1) is 9.60. The van der Waals surface area contributed by atoms with E-state index in [-0.39, 0.29) is 17.5 Å². The monoisotopic (exact) mass is 276 g/mol. The zero-order valence-electron chi connectivity index (χ0n) is 11.5. The van der Waals surface area contributed by atoms with E-state index in [1.807, 2.05) is 13.8 Å². The molecule has 20 heavy (non-hydrogen) atoms. The minimum Gasteiger partial charge on any atom is -0.349 e. The number of aryl methyl sites for hydroxylation is 2. The number of nitrogens with one attached hydrogen (secondary N) is 2. The zero-order valence-corrected chi connectivity index (χ0v) is 11.5.